The van der Waals surface area contributed by atoms with Crippen LogP contribution in [0, 0.1) is 0 Å². The maximum atomic E-state index is 12.2. The lowest BCUT2D eigenvalue weighted by Gasteiger charge is -2.33. The van der Waals surface area contributed by atoms with Crippen LogP contribution in [0.5, 0.6) is 0 Å². The smallest absolute Gasteiger partial charge is 0.246 e. The minimum Gasteiger partial charge on any atom is -0.330 e. The predicted octanol–water partition coefficient (Wildman–Crippen LogP) is 0.0633. The van der Waals surface area contributed by atoms with Crippen molar-refractivity contribution >= 4 is 17.5 Å². The lowest BCUT2D eigenvalue weighted by atomic mass is 10.3. The van der Waals surface area contributed by atoms with Crippen LogP contribution in [0.2, 0.25) is 0 Å². The van der Waals surface area contributed by atoms with Crippen LogP contribution in [0.15, 0.2) is 30.9 Å². The van der Waals surface area contributed by atoms with Crippen LogP contribution in [0.1, 0.15) is 0 Å². The molecule has 19 heavy (non-hydrogen) atoms. The molecule has 0 aromatic carbocycles. The predicted molar refractivity (Wildman–Crippen MR) is 69.8 cm³/mol. The highest BCUT2D eigenvalue weighted by Crippen LogP contribution is 2.17. The summed E-state index contributed by atoms with van der Waals surface area (Å²) in [6.07, 6.45) is 6.90. The number of amides is 1. The second-order valence-corrected chi connectivity index (χ2v) is 4.39. The molecule has 3 heterocycles. The molecule has 0 atom stereocenters. The third kappa shape index (κ3) is 2.26. The van der Waals surface area contributed by atoms with Crippen molar-refractivity contribution in [2.24, 2.45) is 7.05 Å². The molecule has 1 aliphatic heterocycles. The Labute approximate surface area is 110 Å². The molecular weight excluding hydrogens is 244 g/mol. The highest BCUT2D eigenvalue weighted by Gasteiger charge is 2.26. The number of piperazine rings is 1. The largest absolute Gasteiger partial charge is 0.330 e. The van der Waals surface area contributed by atoms with Crippen LogP contribution in [-0.4, -0.2) is 45.3 Å². The number of hydrogen-bond donors (Lipinski definition) is 0. The average Bonchev–Trinajstić information content (AvgIpc) is 2.86. The molecule has 2 aromatic rings. The number of aromatic nitrogens is 4. The number of nitrogens with zero attached hydrogens (tertiary/aromatic N) is 6. The molecular formula is C12H14N6O. The van der Waals surface area contributed by atoms with Gasteiger partial charge in [-0.05, 0) is 6.07 Å². The van der Waals surface area contributed by atoms with Crippen LogP contribution in [-0.2, 0) is 11.8 Å². The summed E-state index contributed by atoms with van der Waals surface area (Å²) < 4.78 is 1.69. The summed E-state index contributed by atoms with van der Waals surface area (Å²) in [6, 6.07) is 1.76. The van der Waals surface area contributed by atoms with E-state index in [0.717, 1.165) is 5.69 Å². The van der Waals surface area contributed by atoms with E-state index in [-0.39, 0.29) is 5.91 Å². The molecule has 0 bridgehead atoms. The zero-order chi connectivity index (χ0) is 13.2. The Bertz CT molecular complexity index is 581. The number of aryl methyl sites for hydroxylation is 1. The summed E-state index contributed by atoms with van der Waals surface area (Å²) in [6.45, 7) is 1.62. The molecule has 1 aliphatic rings. The van der Waals surface area contributed by atoms with E-state index in [1.54, 1.807) is 34.2 Å². The summed E-state index contributed by atoms with van der Waals surface area (Å²) in [4.78, 5) is 24.1. The fourth-order valence-corrected chi connectivity index (χ4v) is 2.12. The van der Waals surface area contributed by atoms with Crippen LogP contribution < -0.4 is 9.80 Å². The second kappa shape index (κ2) is 4.68. The lowest BCUT2D eigenvalue weighted by Crippen LogP contribution is -2.51. The third-order valence-electron chi connectivity index (χ3n) is 3.06. The first-order chi connectivity index (χ1) is 9.24. The molecule has 0 unspecified atom stereocenters. The Morgan fingerprint density at radius 3 is 2.63 bits per heavy atom. The van der Waals surface area contributed by atoms with Gasteiger partial charge >= 0.3 is 0 Å². The van der Waals surface area contributed by atoms with Crippen LogP contribution in [0.3, 0.4) is 0 Å². The van der Waals surface area contributed by atoms with Crippen molar-refractivity contribution in [2.75, 3.05) is 29.4 Å². The highest BCUT2D eigenvalue weighted by atomic mass is 16.2. The molecule has 0 radical (unpaired) electrons. The first kappa shape index (κ1) is 11.6. The summed E-state index contributed by atoms with van der Waals surface area (Å²) >= 11 is 0. The molecule has 7 nitrogen and oxygen atoms in total. The van der Waals surface area contributed by atoms with E-state index in [1.807, 2.05) is 18.1 Å². The normalized spacial score (nSPS) is 15.9. The minimum absolute atomic E-state index is 0.0340. The quantitative estimate of drug-likeness (QED) is 0.762. The van der Waals surface area contributed by atoms with Gasteiger partial charge in [0.15, 0.2) is 0 Å². The first-order valence-electron chi connectivity index (χ1n) is 6.05. The van der Waals surface area contributed by atoms with Crippen molar-refractivity contribution in [3.63, 3.8) is 0 Å². The van der Waals surface area contributed by atoms with Crippen molar-refractivity contribution < 1.29 is 4.79 Å². The first-order valence-corrected chi connectivity index (χ1v) is 6.05. The molecule has 0 spiro atoms. The molecule has 2 aromatic heterocycles. The summed E-state index contributed by atoms with van der Waals surface area (Å²) in [7, 11) is 1.84. The molecule has 0 saturated carbocycles. The fourth-order valence-electron chi connectivity index (χ4n) is 2.12. The summed E-state index contributed by atoms with van der Waals surface area (Å²) in [5, 5.41) is 4.09. The van der Waals surface area contributed by atoms with Gasteiger partial charge in [0, 0.05) is 38.7 Å². The fraction of sp³-hybridized carbons (Fsp3) is 0.333. The van der Waals surface area contributed by atoms with E-state index in [4.69, 9.17) is 0 Å². The SMILES string of the molecule is Cn1cc(N2CCN(c3ncccn3)CC2=O)cn1. The summed E-state index contributed by atoms with van der Waals surface area (Å²) in [5.74, 6) is 0.633. The van der Waals surface area contributed by atoms with Gasteiger partial charge in [-0.1, -0.05) is 0 Å². The van der Waals surface area contributed by atoms with Crippen molar-refractivity contribution in [1.82, 2.24) is 19.7 Å². The van der Waals surface area contributed by atoms with E-state index in [1.165, 1.54) is 0 Å². The lowest BCUT2D eigenvalue weighted by molar-refractivity contribution is -0.117. The number of rotatable bonds is 2. The van der Waals surface area contributed by atoms with Gasteiger partial charge < -0.3 is 9.80 Å². The Kier molecular flexibility index (Phi) is 2.86. The van der Waals surface area contributed by atoms with Crippen molar-refractivity contribution in [1.29, 1.82) is 0 Å². The highest BCUT2D eigenvalue weighted by molar-refractivity contribution is 5.97. The van der Waals surface area contributed by atoms with Gasteiger partial charge in [-0.15, -0.1) is 0 Å². The van der Waals surface area contributed by atoms with Gasteiger partial charge in [0.2, 0.25) is 11.9 Å². The standard InChI is InChI=1S/C12H14N6O/c1-16-8-10(7-15-16)18-6-5-17(9-11(18)19)12-13-3-2-4-14-12/h2-4,7-8H,5-6,9H2,1H3. The third-order valence-corrected chi connectivity index (χ3v) is 3.06. The van der Waals surface area contributed by atoms with Gasteiger partial charge in [-0.25, -0.2) is 9.97 Å². The van der Waals surface area contributed by atoms with Crippen LogP contribution in [0.4, 0.5) is 11.6 Å². The van der Waals surface area contributed by atoms with E-state index >= 15 is 0 Å². The van der Waals surface area contributed by atoms with Crippen molar-refractivity contribution in [2.45, 2.75) is 0 Å². The monoisotopic (exact) mass is 258 g/mol. The topological polar surface area (TPSA) is 67.2 Å². The van der Waals surface area contributed by atoms with Gasteiger partial charge in [0.1, 0.15) is 6.54 Å². The van der Waals surface area contributed by atoms with Crippen molar-refractivity contribution in [3.8, 4) is 0 Å². The molecule has 1 fully saturated rings. The Balaban J connectivity index is 1.74. The molecule has 1 amide bonds. The van der Waals surface area contributed by atoms with Crippen LogP contribution in [0.25, 0.3) is 0 Å². The Morgan fingerprint density at radius 2 is 2.00 bits per heavy atom. The Morgan fingerprint density at radius 1 is 1.21 bits per heavy atom. The maximum absolute atomic E-state index is 12.2. The van der Waals surface area contributed by atoms with Crippen molar-refractivity contribution in [3.05, 3.63) is 30.9 Å². The maximum Gasteiger partial charge on any atom is 0.246 e. The van der Waals surface area contributed by atoms with Gasteiger partial charge in [-0.2, -0.15) is 5.10 Å². The zero-order valence-electron chi connectivity index (χ0n) is 10.6. The van der Waals surface area contributed by atoms with Gasteiger partial charge in [-0.3, -0.25) is 9.48 Å². The second-order valence-electron chi connectivity index (χ2n) is 4.39. The summed E-state index contributed by atoms with van der Waals surface area (Å²) in [5.41, 5.74) is 0.834. The number of carbonyl (C=O) groups excluding carboxylic acids is 1. The number of anilines is 2. The van der Waals surface area contributed by atoms with E-state index in [9.17, 15) is 4.79 Å². The average molecular weight is 258 g/mol. The molecule has 0 aliphatic carbocycles. The Hall–Kier alpha value is -2.44. The van der Waals surface area contributed by atoms with Gasteiger partial charge in [0.05, 0.1) is 11.9 Å². The molecule has 7 heteroatoms. The van der Waals surface area contributed by atoms with E-state index in [2.05, 4.69) is 15.1 Å². The van der Waals surface area contributed by atoms with Crippen LogP contribution >= 0.6 is 0 Å². The molecule has 0 N–H and O–H groups in total. The molecule has 3 rings (SSSR count). The van der Waals surface area contributed by atoms with E-state index in [0.29, 0.717) is 25.6 Å². The van der Waals surface area contributed by atoms with Gasteiger partial charge in [0.25, 0.3) is 0 Å². The number of hydrogen-bond acceptors (Lipinski definition) is 5. The molecule has 1 saturated heterocycles. The number of carbonyl (C=O) groups is 1. The van der Waals surface area contributed by atoms with E-state index < -0.39 is 0 Å². The molecule has 98 valence electrons. The minimum atomic E-state index is 0.0340. The zero-order valence-corrected chi connectivity index (χ0v) is 10.6.